The summed E-state index contributed by atoms with van der Waals surface area (Å²) in [6, 6.07) is 6.02. The molecular weight excluding hydrogens is 214 g/mol. The lowest BCUT2D eigenvalue weighted by Crippen LogP contribution is -2.30. The van der Waals surface area contributed by atoms with Crippen LogP contribution in [-0.4, -0.2) is 18.3 Å². The topological polar surface area (TPSA) is 41.5 Å². The van der Waals surface area contributed by atoms with Crippen LogP contribution in [0.25, 0.3) is 0 Å². The van der Waals surface area contributed by atoms with Crippen LogP contribution in [-0.2, 0) is 0 Å². The Balaban J connectivity index is 2.05. The summed E-state index contributed by atoms with van der Waals surface area (Å²) in [7, 11) is 1.56. The second-order valence-electron chi connectivity index (χ2n) is 4.90. The highest BCUT2D eigenvalue weighted by Gasteiger charge is 2.21. The molecule has 2 rings (SSSR count). The molecule has 0 bridgehead atoms. The molecule has 17 heavy (non-hydrogen) atoms. The average molecular weight is 235 g/mol. The first-order valence-corrected chi connectivity index (χ1v) is 6.34. The molecule has 2 atom stereocenters. The van der Waals surface area contributed by atoms with Crippen molar-refractivity contribution < 1.29 is 9.84 Å². The van der Waals surface area contributed by atoms with E-state index in [1.54, 1.807) is 19.2 Å². The summed E-state index contributed by atoms with van der Waals surface area (Å²) in [5.41, 5.74) is 0.974. The first kappa shape index (κ1) is 12.1. The standard InChI is InChI=1S/C14H21NO2/c1-10-5-3-4-6-12(10)15-11-7-8-14(17-2)13(16)9-11/h7-10,12,15-16H,3-6H2,1-2H3. The molecule has 3 nitrogen and oxygen atoms in total. The second-order valence-corrected chi connectivity index (χ2v) is 4.90. The van der Waals surface area contributed by atoms with Crippen molar-refractivity contribution in [3.63, 3.8) is 0 Å². The average Bonchev–Trinajstić information content (AvgIpc) is 2.32. The van der Waals surface area contributed by atoms with Crippen LogP contribution in [0.4, 0.5) is 5.69 Å². The lowest BCUT2D eigenvalue weighted by Gasteiger charge is -2.30. The Bertz CT molecular complexity index is 378. The molecular formula is C14H21NO2. The van der Waals surface area contributed by atoms with E-state index in [1.807, 2.05) is 6.07 Å². The summed E-state index contributed by atoms with van der Waals surface area (Å²) in [6.07, 6.45) is 5.14. The largest absolute Gasteiger partial charge is 0.504 e. The maximum absolute atomic E-state index is 9.72. The normalized spacial score (nSPS) is 24.4. The smallest absolute Gasteiger partial charge is 0.160 e. The third kappa shape index (κ3) is 2.84. The Morgan fingerprint density at radius 1 is 1.29 bits per heavy atom. The zero-order chi connectivity index (χ0) is 12.3. The highest BCUT2D eigenvalue weighted by atomic mass is 16.5. The molecule has 0 amide bonds. The Kier molecular flexibility index (Phi) is 3.77. The zero-order valence-corrected chi connectivity index (χ0v) is 10.6. The minimum Gasteiger partial charge on any atom is -0.504 e. The van der Waals surface area contributed by atoms with E-state index in [0.29, 0.717) is 17.7 Å². The van der Waals surface area contributed by atoms with Gasteiger partial charge in [-0.1, -0.05) is 19.8 Å². The van der Waals surface area contributed by atoms with Gasteiger partial charge in [0.05, 0.1) is 7.11 Å². The van der Waals surface area contributed by atoms with Gasteiger partial charge in [-0.3, -0.25) is 0 Å². The van der Waals surface area contributed by atoms with Crippen molar-refractivity contribution in [2.45, 2.75) is 38.6 Å². The second kappa shape index (κ2) is 5.30. The molecule has 3 heteroatoms. The summed E-state index contributed by atoms with van der Waals surface area (Å²) in [5, 5.41) is 13.2. The fraction of sp³-hybridized carbons (Fsp3) is 0.571. The van der Waals surface area contributed by atoms with E-state index < -0.39 is 0 Å². The van der Waals surface area contributed by atoms with Gasteiger partial charge in [0.15, 0.2) is 11.5 Å². The van der Waals surface area contributed by atoms with E-state index in [2.05, 4.69) is 12.2 Å². The number of aromatic hydroxyl groups is 1. The van der Waals surface area contributed by atoms with Gasteiger partial charge in [-0.15, -0.1) is 0 Å². The summed E-state index contributed by atoms with van der Waals surface area (Å²) in [5.74, 6) is 1.42. The minimum absolute atomic E-state index is 0.195. The number of phenols is 1. The van der Waals surface area contributed by atoms with Crippen LogP contribution in [0.2, 0.25) is 0 Å². The van der Waals surface area contributed by atoms with Crippen LogP contribution in [0.5, 0.6) is 11.5 Å². The molecule has 0 heterocycles. The predicted octanol–water partition coefficient (Wildman–Crippen LogP) is 3.39. The quantitative estimate of drug-likeness (QED) is 0.843. The van der Waals surface area contributed by atoms with Crippen molar-refractivity contribution in [2.24, 2.45) is 5.92 Å². The van der Waals surface area contributed by atoms with E-state index in [1.165, 1.54) is 25.7 Å². The van der Waals surface area contributed by atoms with Crippen LogP contribution < -0.4 is 10.1 Å². The van der Waals surface area contributed by atoms with Crippen LogP contribution in [0.3, 0.4) is 0 Å². The Hall–Kier alpha value is -1.38. The Morgan fingerprint density at radius 3 is 2.71 bits per heavy atom. The monoisotopic (exact) mass is 235 g/mol. The SMILES string of the molecule is COc1ccc(NC2CCCCC2C)cc1O. The van der Waals surface area contributed by atoms with Gasteiger partial charge in [-0.2, -0.15) is 0 Å². The van der Waals surface area contributed by atoms with E-state index in [0.717, 1.165) is 5.69 Å². The van der Waals surface area contributed by atoms with Crippen molar-refractivity contribution in [1.29, 1.82) is 0 Å². The highest BCUT2D eigenvalue weighted by Crippen LogP contribution is 2.31. The van der Waals surface area contributed by atoms with Crippen LogP contribution in [0, 0.1) is 5.92 Å². The van der Waals surface area contributed by atoms with Gasteiger partial charge in [0, 0.05) is 17.8 Å². The molecule has 1 saturated carbocycles. The zero-order valence-electron chi connectivity index (χ0n) is 10.6. The summed E-state index contributed by atoms with van der Waals surface area (Å²) < 4.78 is 5.03. The summed E-state index contributed by atoms with van der Waals surface area (Å²) in [6.45, 7) is 2.29. The fourth-order valence-corrected chi connectivity index (χ4v) is 2.52. The number of hydrogen-bond donors (Lipinski definition) is 2. The van der Waals surface area contributed by atoms with Crippen molar-refractivity contribution in [2.75, 3.05) is 12.4 Å². The number of rotatable bonds is 3. The molecule has 2 N–H and O–H groups in total. The van der Waals surface area contributed by atoms with Gasteiger partial charge in [-0.05, 0) is 30.9 Å². The van der Waals surface area contributed by atoms with E-state index >= 15 is 0 Å². The maximum Gasteiger partial charge on any atom is 0.160 e. The van der Waals surface area contributed by atoms with Gasteiger partial charge >= 0.3 is 0 Å². The molecule has 0 spiro atoms. The molecule has 1 aliphatic rings. The number of nitrogens with one attached hydrogen (secondary N) is 1. The first-order chi connectivity index (χ1) is 8.20. The maximum atomic E-state index is 9.72. The Morgan fingerprint density at radius 2 is 2.06 bits per heavy atom. The van der Waals surface area contributed by atoms with Crippen molar-refractivity contribution in [1.82, 2.24) is 0 Å². The van der Waals surface area contributed by atoms with Gasteiger partial charge < -0.3 is 15.2 Å². The molecule has 94 valence electrons. The van der Waals surface area contributed by atoms with Crippen LogP contribution in [0.15, 0.2) is 18.2 Å². The summed E-state index contributed by atoms with van der Waals surface area (Å²) >= 11 is 0. The van der Waals surface area contributed by atoms with E-state index in [9.17, 15) is 5.11 Å². The van der Waals surface area contributed by atoms with Crippen molar-refractivity contribution in [3.8, 4) is 11.5 Å². The third-order valence-electron chi connectivity index (χ3n) is 3.64. The number of ether oxygens (including phenoxy) is 1. The molecule has 1 aliphatic carbocycles. The number of benzene rings is 1. The lowest BCUT2D eigenvalue weighted by molar-refractivity contribution is 0.349. The number of hydrogen-bond acceptors (Lipinski definition) is 3. The lowest BCUT2D eigenvalue weighted by atomic mass is 9.86. The van der Waals surface area contributed by atoms with E-state index in [4.69, 9.17) is 4.74 Å². The van der Waals surface area contributed by atoms with Gasteiger partial charge in [-0.25, -0.2) is 0 Å². The molecule has 1 aromatic carbocycles. The van der Waals surface area contributed by atoms with Crippen LogP contribution >= 0.6 is 0 Å². The molecule has 2 unspecified atom stereocenters. The first-order valence-electron chi connectivity index (χ1n) is 6.34. The van der Waals surface area contributed by atoms with E-state index in [-0.39, 0.29) is 5.75 Å². The predicted molar refractivity (Wildman–Crippen MR) is 69.7 cm³/mol. The molecule has 1 fully saturated rings. The molecule has 1 aromatic rings. The minimum atomic E-state index is 0.195. The van der Waals surface area contributed by atoms with Gasteiger partial charge in [0.1, 0.15) is 0 Å². The molecule has 0 radical (unpaired) electrons. The van der Waals surface area contributed by atoms with Gasteiger partial charge in [0.2, 0.25) is 0 Å². The molecule has 0 aromatic heterocycles. The van der Waals surface area contributed by atoms with Gasteiger partial charge in [0.25, 0.3) is 0 Å². The number of phenolic OH excluding ortho intramolecular Hbond substituents is 1. The number of methoxy groups -OCH3 is 1. The van der Waals surface area contributed by atoms with Crippen molar-refractivity contribution in [3.05, 3.63) is 18.2 Å². The molecule has 0 saturated heterocycles. The fourth-order valence-electron chi connectivity index (χ4n) is 2.52. The van der Waals surface area contributed by atoms with Crippen molar-refractivity contribution >= 4 is 5.69 Å². The highest BCUT2D eigenvalue weighted by molar-refractivity contribution is 5.54. The summed E-state index contributed by atoms with van der Waals surface area (Å²) in [4.78, 5) is 0. The van der Waals surface area contributed by atoms with Crippen LogP contribution in [0.1, 0.15) is 32.6 Å². The third-order valence-corrected chi connectivity index (χ3v) is 3.64. The molecule has 0 aliphatic heterocycles. The number of anilines is 1. The Labute approximate surface area is 103 Å².